The molecular weight excluding hydrogens is 230 g/mol. The van der Waals surface area contributed by atoms with Crippen molar-refractivity contribution in [2.24, 2.45) is 11.8 Å². The van der Waals surface area contributed by atoms with Gasteiger partial charge in [0, 0.05) is 12.5 Å². The van der Waals surface area contributed by atoms with Crippen molar-refractivity contribution in [3.63, 3.8) is 0 Å². The molecule has 104 valence electrons. The third-order valence-corrected chi connectivity index (χ3v) is 3.27. The van der Waals surface area contributed by atoms with Gasteiger partial charge in [-0.15, -0.1) is 4.58 Å². The minimum absolute atomic E-state index is 0.286. The van der Waals surface area contributed by atoms with Crippen molar-refractivity contribution >= 4 is 12.3 Å². The monoisotopic (exact) mass is 256 g/mol. The summed E-state index contributed by atoms with van der Waals surface area (Å²) in [7, 11) is 1.74. The molecule has 0 aromatic carbocycles. The molecule has 0 atom stereocenters. The van der Waals surface area contributed by atoms with Crippen molar-refractivity contribution in [3.05, 3.63) is 0 Å². The Balaban J connectivity index is 2.49. The van der Waals surface area contributed by atoms with Crippen molar-refractivity contribution in [3.8, 4) is 0 Å². The van der Waals surface area contributed by atoms with Crippen LogP contribution in [0.4, 0.5) is 4.79 Å². The second kappa shape index (κ2) is 6.32. The van der Waals surface area contributed by atoms with E-state index in [2.05, 4.69) is 0 Å². The maximum atomic E-state index is 11.8. The lowest BCUT2D eigenvalue weighted by Gasteiger charge is -2.23. The molecule has 0 aromatic heterocycles. The minimum Gasteiger partial charge on any atom is -0.406 e. The van der Waals surface area contributed by atoms with E-state index in [0.717, 1.165) is 25.7 Å². The smallest absolute Gasteiger partial charge is 0.406 e. The van der Waals surface area contributed by atoms with E-state index in [1.165, 1.54) is 0 Å². The highest BCUT2D eigenvalue weighted by Crippen LogP contribution is 2.27. The summed E-state index contributed by atoms with van der Waals surface area (Å²) in [5.41, 5.74) is -0.451. The third kappa shape index (κ3) is 5.17. The van der Waals surface area contributed by atoms with Gasteiger partial charge >= 0.3 is 6.09 Å². The number of carbonyl (C=O) groups is 1. The summed E-state index contributed by atoms with van der Waals surface area (Å²) in [5.74, 6) is 0.867. The zero-order chi connectivity index (χ0) is 13.8. The Hall–Kier alpha value is -0.900. The number of nitrogens with zero attached hydrogens (tertiary/aromatic N) is 1. The topological polar surface area (TPSA) is 49.5 Å². The van der Waals surface area contributed by atoms with E-state index in [4.69, 9.17) is 9.84 Å². The van der Waals surface area contributed by atoms with E-state index in [1.807, 2.05) is 27.0 Å². The summed E-state index contributed by atoms with van der Waals surface area (Å²) in [6.45, 7) is 5.89. The highest BCUT2D eigenvalue weighted by molar-refractivity contribution is 5.67. The highest BCUT2D eigenvalue weighted by atomic mass is 16.6. The number of aliphatic hydroxyl groups is 1. The van der Waals surface area contributed by atoms with Crippen molar-refractivity contribution in [2.45, 2.75) is 52.1 Å². The van der Waals surface area contributed by atoms with E-state index < -0.39 is 5.60 Å². The van der Waals surface area contributed by atoms with Crippen LogP contribution in [0.2, 0.25) is 0 Å². The van der Waals surface area contributed by atoms with Gasteiger partial charge in [0.2, 0.25) is 0 Å². The van der Waals surface area contributed by atoms with Crippen LogP contribution in [0.5, 0.6) is 0 Å². The Morgan fingerprint density at radius 3 is 2.33 bits per heavy atom. The molecule has 0 bridgehead atoms. The van der Waals surface area contributed by atoms with E-state index >= 15 is 0 Å². The lowest BCUT2D eigenvalue weighted by Crippen LogP contribution is -2.31. The molecule has 0 spiro atoms. The van der Waals surface area contributed by atoms with Gasteiger partial charge in [0.15, 0.2) is 6.21 Å². The lowest BCUT2D eigenvalue weighted by molar-refractivity contribution is -0.416. The molecule has 1 amide bonds. The second-order valence-corrected chi connectivity index (χ2v) is 6.20. The molecule has 4 heteroatoms. The molecule has 18 heavy (non-hydrogen) atoms. The van der Waals surface area contributed by atoms with Gasteiger partial charge in [-0.3, -0.25) is 0 Å². The zero-order valence-electron chi connectivity index (χ0n) is 12.0. The van der Waals surface area contributed by atoms with Crippen LogP contribution in [0.25, 0.3) is 0 Å². The first kappa shape index (κ1) is 15.2. The average Bonchev–Trinajstić information content (AvgIpc) is 2.27. The Kier molecular flexibility index (Phi) is 5.32. The summed E-state index contributed by atoms with van der Waals surface area (Å²) >= 11 is 0. The number of hydrogen-bond donors (Lipinski definition) is 1. The quantitative estimate of drug-likeness (QED) is 0.610. The van der Waals surface area contributed by atoms with Crippen LogP contribution in [-0.2, 0) is 4.74 Å². The molecule has 0 radical (unpaired) electrons. The van der Waals surface area contributed by atoms with Crippen molar-refractivity contribution in [1.29, 1.82) is 0 Å². The number of rotatable bonds is 2. The molecule has 1 N–H and O–H groups in total. The molecule has 0 aromatic rings. The predicted molar refractivity (Wildman–Crippen MR) is 71.0 cm³/mol. The van der Waals surface area contributed by atoms with Crippen LogP contribution in [0.1, 0.15) is 46.5 Å². The average molecular weight is 256 g/mol. The molecule has 0 unspecified atom stereocenters. The van der Waals surface area contributed by atoms with Crippen LogP contribution in [0, 0.1) is 11.8 Å². The Morgan fingerprint density at radius 1 is 1.33 bits per heavy atom. The molecule has 4 nitrogen and oxygen atoms in total. The molecule has 1 rings (SSSR count). The van der Waals surface area contributed by atoms with Gasteiger partial charge in [-0.1, -0.05) is 0 Å². The van der Waals surface area contributed by atoms with Crippen LogP contribution in [0.15, 0.2) is 0 Å². The summed E-state index contributed by atoms with van der Waals surface area (Å²) < 4.78 is 6.85. The summed E-state index contributed by atoms with van der Waals surface area (Å²) in [6.07, 6.45) is 5.82. The standard InChI is InChI=1S/C14H26NO3/c1-14(2,3)18-13(17)15(4)9-11-5-7-12(10-16)8-6-11/h9,11-12,16H,5-8,10H2,1-4H3/q+1/b15-9+. The van der Waals surface area contributed by atoms with E-state index in [1.54, 1.807) is 11.6 Å². The van der Waals surface area contributed by atoms with Crippen LogP contribution < -0.4 is 0 Å². The van der Waals surface area contributed by atoms with Crippen LogP contribution in [-0.4, -0.2) is 41.2 Å². The van der Waals surface area contributed by atoms with E-state index in [0.29, 0.717) is 11.8 Å². The number of hydrogen-bond acceptors (Lipinski definition) is 3. The van der Waals surface area contributed by atoms with Gasteiger partial charge in [0.1, 0.15) is 12.6 Å². The van der Waals surface area contributed by atoms with Gasteiger partial charge in [-0.25, -0.2) is 0 Å². The highest BCUT2D eigenvalue weighted by Gasteiger charge is 2.26. The fourth-order valence-corrected chi connectivity index (χ4v) is 2.23. The third-order valence-electron chi connectivity index (χ3n) is 3.27. The van der Waals surface area contributed by atoms with Gasteiger partial charge in [0.05, 0.1) is 0 Å². The van der Waals surface area contributed by atoms with Crippen LogP contribution in [0.3, 0.4) is 0 Å². The molecule has 0 heterocycles. The second-order valence-electron chi connectivity index (χ2n) is 6.20. The maximum Gasteiger partial charge on any atom is 0.596 e. The largest absolute Gasteiger partial charge is 0.596 e. The Morgan fingerprint density at radius 2 is 1.89 bits per heavy atom. The molecule has 0 aliphatic heterocycles. The maximum absolute atomic E-state index is 11.8. The predicted octanol–water partition coefficient (Wildman–Crippen LogP) is 2.43. The van der Waals surface area contributed by atoms with Gasteiger partial charge in [-0.05, 0) is 52.4 Å². The van der Waals surface area contributed by atoms with Gasteiger partial charge in [0.25, 0.3) is 0 Å². The number of amides is 1. The first-order chi connectivity index (χ1) is 8.31. The van der Waals surface area contributed by atoms with Crippen LogP contribution >= 0.6 is 0 Å². The summed E-state index contributed by atoms with van der Waals surface area (Å²) in [6, 6.07) is 0. The Labute approximate surface area is 110 Å². The van der Waals surface area contributed by atoms with Gasteiger partial charge < -0.3 is 9.84 Å². The molecule has 1 fully saturated rings. The first-order valence-corrected chi connectivity index (χ1v) is 6.73. The lowest BCUT2D eigenvalue weighted by atomic mass is 9.83. The molecule has 0 saturated heterocycles. The van der Waals surface area contributed by atoms with Crippen molar-refractivity contribution in [1.82, 2.24) is 0 Å². The number of ether oxygens (including phenoxy) is 1. The van der Waals surface area contributed by atoms with Crippen molar-refractivity contribution < 1.29 is 19.2 Å². The molecule has 1 aliphatic rings. The minimum atomic E-state index is -0.451. The Bertz CT molecular complexity index is 309. The number of aliphatic hydroxyl groups excluding tert-OH is 1. The SMILES string of the molecule is C/[N+](=C\C1CCC(CO)CC1)C(=O)OC(C)(C)C. The summed E-state index contributed by atoms with van der Waals surface area (Å²) in [4.78, 5) is 11.8. The molecular formula is C14H26NO3+. The van der Waals surface area contributed by atoms with E-state index in [9.17, 15) is 4.79 Å². The van der Waals surface area contributed by atoms with E-state index in [-0.39, 0.29) is 12.7 Å². The fourth-order valence-electron chi connectivity index (χ4n) is 2.23. The first-order valence-electron chi connectivity index (χ1n) is 6.73. The molecule has 1 aliphatic carbocycles. The van der Waals surface area contributed by atoms with Gasteiger partial charge in [-0.2, -0.15) is 4.79 Å². The zero-order valence-corrected chi connectivity index (χ0v) is 12.0. The summed E-state index contributed by atoms with van der Waals surface area (Å²) in [5, 5.41) is 9.08. The number of carbonyl (C=O) groups excluding carboxylic acids is 1. The van der Waals surface area contributed by atoms with Crippen molar-refractivity contribution in [2.75, 3.05) is 13.7 Å². The molecule has 1 saturated carbocycles. The normalized spacial score (nSPS) is 25.9. The fraction of sp³-hybridized carbons (Fsp3) is 0.857.